The number of rotatable bonds is 0. The fraction of sp³-hybridized carbons (Fsp3) is 0.200. The van der Waals surface area contributed by atoms with Crippen LogP contribution in [0.25, 0.3) is 0 Å². The third kappa shape index (κ3) is 6.40. The number of nitrogens with one attached hydrogen (secondary N) is 2. The van der Waals surface area contributed by atoms with E-state index in [2.05, 4.69) is 10.6 Å². The minimum absolute atomic E-state index is 0.136. The van der Waals surface area contributed by atoms with Gasteiger partial charge in [-0.25, -0.2) is 0 Å². The van der Waals surface area contributed by atoms with Crippen molar-refractivity contribution < 1.29 is 19.1 Å². The highest BCUT2D eigenvalue weighted by atomic mass is 35.5. The Bertz CT molecular complexity index is 1100. The van der Waals surface area contributed by atoms with Crippen LogP contribution in [-0.4, -0.2) is 25.0 Å². The maximum absolute atomic E-state index is 12.4. The zero-order valence-corrected chi connectivity index (χ0v) is 19.2. The van der Waals surface area contributed by atoms with Crippen molar-refractivity contribution in [2.24, 2.45) is 0 Å². The Hall–Kier alpha value is -3.22. The van der Waals surface area contributed by atoms with Crippen LogP contribution in [0.15, 0.2) is 60.7 Å². The summed E-state index contributed by atoms with van der Waals surface area (Å²) in [6.45, 7) is 0.436. The Kier molecular flexibility index (Phi) is 7.37. The molecule has 8 heteroatoms. The van der Waals surface area contributed by atoms with E-state index in [1.165, 1.54) is 0 Å². The van der Waals surface area contributed by atoms with Gasteiger partial charge in [-0.1, -0.05) is 47.5 Å². The van der Waals surface area contributed by atoms with Crippen molar-refractivity contribution in [3.05, 3.63) is 93.0 Å². The summed E-state index contributed by atoms with van der Waals surface area (Å²) in [6.07, 6.45) is 0.388. The summed E-state index contributed by atoms with van der Waals surface area (Å²) in [7, 11) is 0. The van der Waals surface area contributed by atoms with E-state index >= 15 is 0 Å². The van der Waals surface area contributed by atoms with Crippen LogP contribution < -0.4 is 20.1 Å². The van der Waals surface area contributed by atoms with Gasteiger partial charge in [-0.15, -0.1) is 0 Å². The normalized spacial score (nSPS) is 14.8. The first kappa shape index (κ1) is 23.0. The van der Waals surface area contributed by atoms with Crippen LogP contribution in [0.2, 0.25) is 10.0 Å². The van der Waals surface area contributed by atoms with Gasteiger partial charge in [0.25, 0.3) is 11.8 Å². The van der Waals surface area contributed by atoms with E-state index in [4.69, 9.17) is 32.7 Å². The molecule has 3 aromatic carbocycles. The zero-order chi connectivity index (χ0) is 23.2. The van der Waals surface area contributed by atoms with Gasteiger partial charge in [-0.2, -0.15) is 0 Å². The summed E-state index contributed by atoms with van der Waals surface area (Å²) in [6, 6.07) is 18.0. The largest absolute Gasteiger partial charge is 0.483 e. The van der Waals surface area contributed by atoms with Crippen molar-refractivity contribution in [3.63, 3.8) is 0 Å². The van der Waals surface area contributed by atoms with Crippen molar-refractivity contribution in [2.75, 3.05) is 13.2 Å². The quantitative estimate of drug-likeness (QED) is 0.498. The summed E-state index contributed by atoms with van der Waals surface area (Å²) in [5, 5.41) is 6.78. The second-order valence-corrected chi connectivity index (χ2v) is 8.50. The molecule has 0 spiro atoms. The Morgan fingerprint density at radius 1 is 0.667 bits per heavy atom. The van der Waals surface area contributed by atoms with E-state index in [1.807, 2.05) is 24.3 Å². The monoisotopic (exact) mass is 484 g/mol. The SMILES string of the molecule is O=C1COc2ccc(Cl)cc2Cc2cc(Cl)ccc2OCC(=O)NCc2cccc(c2)CN1. The van der Waals surface area contributed by atoms with Crippen molar-refractivity contribution in [2.45, 2.75) is 19.5 Å². The molecule has 1 aliphatic rings. The number of ether oxygens (including phenoxy) is 2. The van der Waals surface area contributed by atoms with E-state index in [9.17, 15) is 9.59 Å². The number of amides is 2. The molecule has 6 nitrogen and oxygen atoms in total. The Morgan fingerprint density at radius 3 is 1.64 bits per heavy atom. The second-order valence-electron chi connectivity index (χ2n) is 7.63. The molecule has 0 atom stereocenters. The fourth-order valence-corrected chi connectivity index (χ4v) is 3.89. The molecule has 0 aromatic heterocycles. The van der Waals surface area contributed by atoms with E-state index in [0.29, 0.717) is 41.1 Å². The van der Waals surface area contributed by atoms with Crippen LogP contribution >= 0.6 is 23.2 Å². The standard InChI is InChI=1S/C25H22Cl2N2O4/c26-20-4-6-22-18(10-20)9-19-11-21(27)5-7-23(19)33-15-25(31)29-13-17-3-1-2-16(8-17)12-28-24(30)14-32-22/h1-8,10-11H,9,12-15H2,(H,28,30)(H,29,31). The summed E-state index contributed by atoms with van der Waals surface area (Å²) in [5.41, 5.74) is 3.37. The highest BCUT2D eigenvalue weighted by molar-refractivity contribution is 6.31. The van der Waals surface area contributed by atoms with Crippen molar-refractivity contribution in [1.29, 1.82) is 0 Å². The molecule has 0 aliphatic carbocycles. The molecule has 2 bridgehead atoms. The van der Waals surface area contributed by atoms with Crippen LogP contribution in [0.5, 0.6) is 11.5 Å². The van der Waals surface area contributed by atoms with Crippen LogP contribution in [0.1, 0.15) is 22.3 Å². The molecule has 0 saturated heterocycles. The topological polar surface area (TPSA) is 76.7 Å². The molecule has 2 amide bonds. The van der Waals surface area contributed by atoms with Gasteiger partial charge in [0.15, 0.2) is 13.2 Å². The van der Waals surface area contributed by atoms with E-state index < -0.39 is 0 Å². The number of benzene rings is 3. The predicted octanol–water partition coefficient (Wildman–Crippen LogP) is 4.29. The first-order valence-electron chi connectivity index (χ1n) is 10.4. The Balaban J connectivity index is 1.64. The van der Waals surface area contributed by atoms with E-state index in [0.717, 1.165) is 22.3 Å². The van der Waals surface area contributed by atoms with E-state index in [-0.39, 0.29) is 25.0 Å². The number of fused-ring (bicyclic) bond motifs is 4. The molecule has 0 radical (unpaired) electrons. The number of hydrogen-bond acceptors (Lipinski definition) is 4. The lowest BCUT2D eigenvalue weighted by atomic mass is 10.0. The molecule has 0 saturated carbocycles. The minimum atomic E-state index is -0.248. The highest BCUT2D eigenvalue weighted by Gasteiger charge is 2.14. The zero-order valence-electron chi connectivity index (χ0n) is 17.7. The Labute approximate surface area is 201 Å². The van der Waals surface area contributed by atoms with Crippen LogP contribution in [0, 0.1) is 0 Å². The third-order valence-electron chi connectivity index (χ3n) is 5.11. The minimum Gasteiger partial charge on any atom is -0.483 e. The average molecular weight is 485 g/mol. The lowest BCUT2D eigenvalue weighted by Crippen LogP contribution is -2.29. The van der Waals surface area contributed by atoms with E-state index in [1.54, 1.807) is 36.4 Å². The fourth-order valence-electron chi connectivity index (χ4n) is 3.50. The molecular formula is C25H22Cl2N2O4. The number of hydrogen-bond donors (Lipinski definition) is 2. The second kappa shape index (κ2) is 10.6. The van der Waals surface area contributed by atoms with Crippen molar-refractivity contribution in [1.82, 2.24) is 10.6 Å². The molecule has 4 rings (SSSR count). The maximum atomic E-state index is 12.4. The van der Waals surface area contributed by atoms with Gasteiger partial charge in [0, 0.05) is 40.7 Å². The summed E-state index contributed by atoms with van der Waals surface area (Å²) in [5.74, 6) is 0.563. The summed E-state index contributed by atoms with van der Waals surface area (Å²) < 4.78 is 11.6. The van der Waals surface area contributed by atoms with Crippen LogP contribution in [0.3, 0.4) is 0 Å². The van der Waals surface area contributed by atoms with Crippen molar-refractivity contribution >= 4 is 35.0 Å². The molecule has 1 aliphatic heterocycles. The van der Waals surface area contributed by atoms with Gasteiger partial charge < -0.3 is 20.1 Å². The van der Waals surface area contributed by atoms with Crippen LogP contribution in [-0.2, 0) is 29.1 Å². The molecule has 0 unspecified atom stereocenters. The first-order chi connectivity index (χ1) is 16.0. The maximum Gasteiger partial charge on any atom is 0.258 e. The molecule has 1 heterocycles. The van der Waals surface area contributed by atoms with Gasteiger partial charge in [0.2, 0.25) is 0 Å². The molecule has 33 heavy (non-hydrogen) atoms. The van der Waals surface area contributed by atoms with Gasteiger partial charge in [-0.3, -0.25) is 9.59 Å². The summed E-state index contributed by atoms with van der Waals surface area (Å²) >= 11 is 12.4. The van der Waals surface area contributed by atoms with Gasteiger partial charge in [-0.05, 0) is 47.5 Å². The van der Waals surface area contributed by atoms with Gasteiger partial charge in [0.05, 0.1) is 0 Å². The van der Waals surface area contributed by atoms with Gasteiger partial charge >= 0.3 is 0 Å². The lowest BCUT2D eigenvalue weighted by Gasteiger charge is -2.16. The number of carbonyl (C=O) groups excluding carboxylic acids is 2. The van der Waals surface area contributed by atoms with Crippen LogP contribution in [0.4, 0.5) is 0 Å². The van der Waals surface area contributed by atoms with Crippen molar-refractivity contribution in [3.8, 4) is 11.5 Å². The third-order valence-corrected chi connectivity index (χ3v) is 5.58. The number of halogens is 2. The summed E-state index contributed by atoms with van der Waals surface area (Å²) in [4.78, 5) is 24.8. The molecular weight excluding hydrogens is 463 g/mol. The highest BCUT2D eigenvalue weighted by Crippen LogP contribution is 2.30. The molecule has 3 aromatic rings. The molecule has 170 valence electrons. The van der Waals surface area contributed by atoms with Gasteiger partial charge in [0.1, 0.15) is 11.5 Å². The number of carbonyl (C=O) groups is 2. The smallest absolute Gasteiger partial charge is 0.258 e. The molecule has 0 fully saturated rings. The average Bonchev–Trinajstić information content (AvgIpc) is 2.80. The predicted molar refractivity (Wildman–Crippen MR) is 127 cm³/mol. The lowest BCUT2D eigenvalue weighted by molar-refractivity contribution is -0.124. The first-order valence-corrected chi connectivity index (χ1v) is 11.2. The molecule has 2 N–H and O–H groups in total. The Morgan fingerprint density at radius 2 is 1.15 bits per heavy atom.